The standard InChI is InChI=1S/C24H22Cl3N5O5S/c1-31(2)24(34)29-12-16-13-32(38(35,36)17-6-3-5-14(25)9-17)20-10-15(11-28-23(20)37-16)30-22(33)21-18(26)7-4-8-19(21)27/h3-11,16H,12-13H2,1-2H3,(H,29,34)(H,30,33). The Morgan fingerprint density at radius 3 is 2.45 bits per heavy atom. The summed E-state index contributed by atoms with van der Waals surface area (Å²) in [5.74, 6) is -0.604. The summed E-state index contributed by atoms with van der Waals surface area (Å²) in [6.45, 7) is -0.131. The number of urea groups is 1. The second kappa shape index (κ2) is 11.2. The van der Waals surface area contributed by atoms with Gasteiger partial charge in [-0.25, -0.2) is 18.2 Å². The van der Waals surface area contributed by atoms with Gasteiger partial charge in [-0.15, -0.1) is 0 Å². The van der Waals surface area contributed by atoms with E-state index in [1.807, 2.05) is 0 Å². The van der Waals surface area contributed by atoms with Crippen molar-refractivity contribution < 1.29 is 22.7 Å². The summed E-state index contributed by atoms with van der Waals surface area (Å²) < 4.78 is 34.4. The fourth-order valence-corrected chi connectivity index (χ4v) is 5.97. The summed E-state index contributed by atoms with van der Waals surface area (Å²) in [6.07, 6.45) is 0.558. The van der Waals surface area contributed by atoms with Crippen molar-refractivity contribution in [1.29, 1.82) is 0 Å². The summed E-state index contributed by atoms with van der Waals surface area (Å²) in [7, 11) is -0.988. The Morgan fingerprint density at radius 2 is 1.79 bits per heavy atom. The van der Waals surface area contributed by atoms with Gasteiger partial charge in [0.15, 0.2) is 0 Å². The number of halogens is 3. The van der Waals surface area contributed by atoms with Crippen LogP contribution in [0.4, 0.5) is 16.2 Å². The van der Waals surface area contributed by atoms with Crippen LogP contribution in [0, 0.1) is 0 Å². The van der Waals surface area contributed by atoms with Crippen LogP contribution in [0.15, 0.2) is 59.6 Å². The Labute approximate surface area is 234 Å². The molecule has 0 spiro atoms. The lowest BCUT2D eigenvalue weighted by Crippen LogP contribution is -2.49. The summed E-state index contributed by atoms with van der Waals surface area (Å²) in [6, 6.07) is 11.5. The fraction of sp³-hybridized carbons (Fsp3) is 0.208. The molecule has 2 N–H and O–H groups in total. The molecule has 0 saturated heterocycles. The maximum atomic E-state index is 13.7. The summed E-state index contributed by atoms with van der Waals surface area (Å²) in [4.78, 5) is 30.4. The van der Waals surface area contributed by atoms with Crippen LogP contribution in [-0.4, -0.2) is 63.5 Å². The maximum Gasteiger partial charge on any atom is 0.317 e. The summed E-state index contributed by atoms with van der Waals surface area (Å²) in [5.41, 5.74) is 0.326. The van der Waals surface area contributed by atoms with Crippen molar-refractivity contribution in [3.05, 3.63) is 75.4 Å². The summed E-state index contributed by atoms with van der Waals surface area (Å²) in [5, 5.41) is 5.86. The van der Waals surface area contributed by atoms with Gasteiger partial charge in [0.05, 0.1) is 45.5 Å². The molecule has 1 aromatic heterocycles. The lowest BCUT2D eigenvalue weighted by atomic mass is 10.2. The number of nitrogens with zero attached hydrogens (tertiary/aromatic N) is 3. The minimum Gasteiger partial charge on any atom is -0.469 e. The lowest BCUT2D eigenvalue weighted by Gasteiger charge is -2.35. The van der Waals surface area contributed by atoms with Gasteiger partial charge in [-0.05, 0) is 36.4 Å². The number of pyridine rings is 1. The van der Waals surface area contributed by atoms with Gasteiger partial charge in [-0.2, -0.15) is 0 Å². The van der Waals surface area contributed by atoms with Crippen LogP contribution in [0.3, 0.4) is 0 Å². The number of rotatable bonds is 6. The number of carbonyl (C=O) groups is 2. The molecule has 4 rings (SSSR count). The van der Waals surface area contributed by atoms with Crippen molar-refractivity contribution in [2.75, 3.05) is 36.8 Å². The first kappa shape index (κ1) is 27.8. The first-order chi connectivity index (χ1) is 18.0. The molecule has 3 aromatic rings. The molecule has 1 aliphatic rings. The van der Waals surface area contributed by atoms with E-state index < -0.39 is 22.0 Å². The number of fused-ring (bicyclic) bond motifs is 1. The molecule has 38 heavy (non-hydrogen) atoms. The first-order valence-corrected chi connectivity index (χ1v) is 13.7. The summed E-state index contributed by atoms with van der Waals surface area (Å²) >= 11 is 18.3. The van der Waals surface area contributed by atoms with Crippen molar-refractivity contribution in [2.24, 2.45) is 0 Å². The highest BCUT2D eigenvalue weighted by Gasteiger charge is 2.36. The quantitative estimate of drug-likeness (QED) is 0.430. The van der Waals surface area contributed by atoms with E-state index in [2.05, 4.69) is 15.6 Å². The molecule has 3 amide bonds. The minimum atomic E-state index is -4.15. The van der Waals surface area contributed by atoms with Gasteiger partial charge >= 0.3 is 6.03 Å². The van der Waals surface area contributed by atoms with Gasteiger partial charge in [0.2, 0.25) is 5.88 Å². The van der Waals surface area contributed by atoms with E-state index in [4.69, 9.17) is 39.5 Å². The highest BCUT2D eigenvalue weighted by molar-refractivity contribution is 7.92. The highest BCUT2D eigenvalue weighted by Crippen LogP contribution is 2.38. The number of benzene rings is 2. The zero-order valence-corrected chi connectivity index (χ0v) is 23.2. The molecule has 2 aromatic carbocycles. The van der Waals surface area contributed by atoms with E-state index in [0.717, 1.165) is 4.31 Å². The molecule has 14 heteroatoms. The van der Waals surface area contributed by atoms with E-state index in [1.165, 1.54) is 47.5 Å². The average Bonchev–Trinajstić information content (AvgIpc) is 2.86. The predicted octanol–water partition coefficient (Wildman–Crippen LogP) is 4.52. The Balaban J connectivity index is 1.70. The molecular formula is C24H22Cl3N5O5S. The number of sulfonamides is 1. The zero-order chi connectivity index (χ0) is 27.6. The maximum absolute atomic E-state index is 13.7. The van der Waals surface area contributed by atoms with Crippen LogP contribution in [0.5, 0.6) is 5.88 Å². The van der Waals surface area contributed by atoms with Crippen LogP contribution >= 0.6 is 34.8 Å². The molecule has 0 bridgehead atoms. The van der Waals surface area contributed by atoms with Gasteiger partial charge < -0.3 is 20.3 Å². The first-order valence-electron chi connectivity index (χ1n) is 11.1. The number of nitrogens with one attached hydrogen (secondary N) is 2. The molecule has 10 nitrogen and oxygen atoms in total. The van der Waals surface area contributed by atoms with Crippen LogP contribution in [-0.2, 0) is 10.0 Å². The highest BCUT2D eigenvalue weighted by atomic mass is 35.5. The number of aromatic nitrogens is 1. The number of carbonyl (C=O) groups excluding carboxylic acids is 2. The van der Waals surface area contributed by atoms with Crippen LogP contribution in [0.1, 0.15) is 10.4 Å². The third-order valence-electron chi connectivity index (χ3n) is 5.47. The minimum absolute atomic E-state index is 0.000250. The van der Waals surface area contributed by atoms with Gasteiger partial charge in [0.25, 0.3) is 15.9 Å². The van der Waals surface area contributed by atoms with Crippen molar-refractivity contribution in [3.63, 3.8) is 0 Å². The van der Waals surface area contributed by atoms with Crippen molar-refractivity contribution in [3.8, 4) is 5.88 Å². The number of hydrogen-bond acceptors (Lipinski definition) is 6. The van der Waals surface area contributed by atoms with Crippen LogP contribution in [0.2, 0.25) is 15.1 Å². The smallest absolute Gasteiger partial charge is 0.317 e. The largest absolute Gasteiger partial charge is 0.469 e. The molecule has 1 aliphatic heterocycles. The Morgan fingerprint density at radius 1 is 1.11 bits per heavy atom. The zero-order valence-electron chi connectivity index (χ0n) is 20.1. The van der Waals surface area contributed by atoms with Crippen LogP contribution < -0.4 is 19.7 Å². The molecule has 0 saturated carbocycles. The second-order valence-electron chi connectivity index (χ2n) is 8.41. The Hall–Kier alpha value is -3.25. The average molecular weight is 599 g/mol. The van der Waals surface area contributed by atoms with E-state index in [1.54, 1.807) is 26.2 Å². The Bertz CT molecular complexity index is 1480. The van der Waals surface area contributed by atoms with Crippen molar-refractivity contribution in [1.82, 2.24) is 15.2 Å². The van der Waals surface area contributed by atoms with Gasteiger partial charge in [-0.3, -0.25) is 9.10 Å². The van der Waals surface area contributed by atoms with Gasteiger partial charge in [-0.1, -0.05) is 46.9 Å². The van der Waals surface area contributed by atoms with E-state index in [9.17, 15) is 18.0 Å². The SMILES string of the molecule is CN(C)C(=O)NCC1CN(S(=O)(=O)c2cccc(Cl)c2)c2cc(NC(=O)c3c(Cl)cccc3Cl)cnc2O1. The normalized spacial score (nSPS) is 14.8. The third kappa shape index (κ3) is 5.91. The molecule has 2 heterocycles. The second-order valence-corrected chi connectivity index (χ2v) is 11.5. The van der Waals surface area contributed by atoms with Gasteiger partial charge in [0, 0.05) is 19.1 Å². The predicted molar refractivity (Wildman–Crippen MR) is 146 cm³/mol. The monoisotopic (exact) mass is 597 g/mol. The number of anilines is 2. The number of ether oxygens (including phenoxy) is 1. The molecular weight excluding hydrogens is 577 g/mol. The lowest BCUT2D eigenvalue weighted by molar-refractivity contribution is 0.102. The molecule has 0 fully saturated rings. The van der Waals surface area contributed by atoms with E-state index in [-0.39, 0.29) is 61.9 Å². The van der Waals surface area contributed by atoms with Gasteiger partial charge in [0.1, 0.15) is 11.8 Å². The molecule has 0 aliphatic carbocycles. The van der Waals surface area contributed by atoms with E-state index >= 15 is 0 Å². The van der Waals surface area contributed by atoms with Crippen molar-refractivity contribution >= 4 is 68.1 Å². The molecule has 1 atom stereocenters. The number of amides is 3. The van der Waals surface area contributed by atoms with Crippen molar-refractivity contribution in [2.45, 2.75) is 11.0 Å². The Kier molecular flexibility index (Phi) is 8.22. The third-order valence-corrected chi connectivity index (χ3v) is 8.11. The topological polar surface area (TPSA) is 121 Å². The van der Waals surface area contributed by atoms with E-state index in [0.29, 0.717) is 0 Å². The van der Waals surface area contributed by atoms with Crippen LogP contribution in [0.25, 0.3) is 0 Å². The molecule has 1 unspecified atom stereocenters. The fourth-order valence-electron chi connectivity index (χ4n) is 3.61. The molecule has 0 radical (unpaired) electrons. The number of hydrogen-bond donors (Lipinski definition) is 2. The molecule has 200 valence electrons.